The number of aryl methyl sites for hydroxylation is 1. The molecular formula is C15H16BrNO2S. The molecule has 1 unspecified atom stereocenters. The number of thiophene rings is 1. The minimum Gasteiger partial charge on any atom is -0.490 e. The van der Waals surface area contributed by atoms with Gasteiger partial charge in [-0.1, -0.05) is 6.07 Å². The lowest BCUT2D eigenvalue weighted by atomic mass is 10.1. The number of hydrogen-bond donors (Lipinski definition) is 1. The van der Waals surface area contributed by atoms with Crippen LogP contribution in [-0.2, 0) is 0 Å². The molecule has 1 aliphatic rings. The van der Waals surface area contributed by atoms with Gasteiger partial charge in [0.25, 0.3) is 0 Å². The van der Waals surface area contributed by atoms with Crippen molar-refractivity contribution in [2.24, 2.45) is 5.73 Å². The van der Waals surface area contributed by atoms with Gasteiger partial charge in [0.2, 0.25) is 0 Å². The van der Waals surface area contributed by atoms with E-state index in [1.807, 2.05) is 18.2 Å². The third-order valence-corrected chi connectivity index (χ3v) is 5.53. The molecule has 1 aromatic heterocycles. The van der Waals surface area contributed by atoms with Crippen LogP contribution in [0.15, 0.2) is 28.1 Å². The highest BCUT2D eigenvalue weighted by atomic mass is 79.9. The Morgan fingerprint density at radius 3 is 2.65 bits per heavy atom. The fourth-order valence-corrected chi connectivity index (χ4v) is 3.78. The summed E-state index contributed by atoms with van der Waals surface area (Å²) in [5.74, 6) is 1.60. The van der Waals surface area contributed by atoms with Crippen molar-refractivity contribution in [1.82, 2.24) is 0 Å². The van der Waals surface area contributed by atoms with E-state index in [9.17, 15) is 0 Å². The Balaban J connectivity index is 1.92. The predicted octanol–water partition coefficient (Wildman–Crippen LogP) is 4.03. The second-order valence-corrected chi connectivity index (χ2v) is 7.24. The van der Waals surface area contributed by atoms with Crippen LogP contribution in [0.5, 0.6) is 11.5 Å². The van der Waals surface area contributed by atoms with Crippen molar-refractivity contribution in [2.75, 3.05) is 13.2 Å². The van der Waals surface area contributed by atoms with E-state index in [1.54, 1.807) is 11.3 Å². The predicted molar refractivity (Wildman–Crippen MR) is 84.8 cm³/mol. The fraction of sp³-hybridized carbons (Fsp3) is 0.333. The molecule has 0 fully saturated rings. The molecule has 0 bridgehead atoms. The number of ether oxygens (including phenoxy) is 2. The summed E-state index contributed by atoms with van der Waals surface area (Å²) in [7, 11) is 0. The Bertz CT molecular complexity index is 607. The highest BCUT2D eigenvalue weighted by Crippen LogP contribution is 2.36. The number of hydrogen-bond acceptors (Lipinski definition) is 4. The van der Waals surface area contributed by atoms with Gasteiger partial charge in [-0.3, -0.25) is 0 Å². The highest BCUT2D eigenvalue weighted by molar-refractivity contribution is 9.11. The summed E-state index contributed by atoms with van der Waals surface area (Å²) in [4.78, 5) is 1.14. The van der Waals surface area contributed by atoms with Crippen molar-refractivity contribution in [1.29, 1.82) is 0 Å². The maximum absolute atomic E-state index is 6.36. The first kappa shape index (κ1) is 13.9. The Morgan fingerprint density at radius 1 is 1.20 bits per heavy atom. The van der Waals surface area contributed by atoms with Crippen molar-refractivity contribution in [3.8, 4) is 11.5 Å². The van der Waals surface area contributed by atoms with Crippen LogP contribution >= 0.6 is 27.3 Å². The summed E-state index contributed by atoms with van der Waals surface area (Å²) in [6.45, 7) is 3.47. The minimum absolute atomic E-state index is 0.137. The third kappa shape index (κ3) is 2.71. The Labute approximate surface area is 130 Å². The molecular weight excluding hydrogens is 338 g/mol. The quantitative estimate of drug-likeness (QED) is 0.886. The van der Waals surface area contributed by atoms with Crippen LogP contribution in [0.4, 0.5) is 0 Å². The molecule has 1 aliphatic heterocycles. The van der Waals surface area contributed by atoms with Gasteiger partial charge < -0.3 is 15.2 Å². The first-order chi connectivity index (χ1) is 9.65. The van der Waals surface area contributed by atoms with Crippen LogP contribution in [0.2, 0.25) is 0 Å². The molecule has 2 N–H and O–H groups in total. The van der Waals surface area contributed by atoms with E-state index in [1.165, 1.54) is 5.56 Å². The molecule has 0 amide bonds. The zero-order valence-corrected chi connectivity index (χ0v) is 13.6. The first-order valence-corrected chi connectivity index (χ1v) is 8.17. The average molecular weight is 354 g/mol. The van der Waals surface area contributed by atoms with Crippen molar-refractivity contribution < 1.29 is 9.47 Å². The van der Waals surface area contributed by atoms with E-state index in [0.717, 1.165) is 32.1 Å². The lowest BCUT2D eigenvalue weighted by molar-refractivity contribution is 0.297. The maximum Gasteiger partial charge on any atom is 0.161 e. The summed E-state index contributed by atoms with van der Waals surface area (Å²) in [6.07, 6.45) is 0.910. The largest absolute Gasteiger partial charge is 0.490 e. The van der Waals surface area contributed by atoms with Gasteiger partial charge in [-0.2, -0.15) is 0 Å². The van der Waals surface area contributed by atoms with Gasteiger partial charge in [-0.15, -0.1) is 11.3 Å². The van der Waals surface area contributed by atoms with Gasteiger partial charge >= 0.3 is 0 Å². The van der Waals surface area contributed by atoms with Gasteiger partial charge in [0.1, 0.15) is 0 Å². The molecule has 0 saturated heterocycles. The molecule has 2 heterocycles. The molecule has 1 aromatic carbocycles. The van der Waals surface area contributed by atoms with E-state index >= 15 is 0 Å². The Morgan fingerprint density at radius 2 is 1.95 bits per heavy atom. The molecule has 5 heteroatoms. The van der Waals surface area contributed by atoms with Gasteiger partial charge in [-0.25, -0.2) is 0 Å². The summed E-state index contributed by atoms with van der Waals surface area (Å²) in [6, 6.07) is 7.95. The topological polar surface area (TPSA) is 44.5 Å². The van der Waals surface area contributed by atoms with Gasteiger partial charge in [0.15, 0.2) is 11.5 Å². The molecule has 20 heavy (non-hydrogen) atoms. The number of nitrogens with two attached hydrogens (primary N) is 1. The van der Waals surface area contributed by atoms with E-state index < -0.39 is 0 Å². The molecule has 1 atom stereocenters. The van der Waals surface area contributed by atoms with Crippen LogP contribution in [0, 0.1) is 6.92 Å². The third-order valence-electron chi connectivity index (χ3n) is 3.31. The lowest BCUT2D eigenvalue weighted by Crippen LogP contribution is -2.10. The second kappa shape index (κ2) is 5.76. The van der Waals surface area contributed by atoms with Crippen LogP contribution in [0.3, 0.4) is 0 Å². The molecule has 3 nitrogen and oxygen atoms in total. The summed E-state index contributed by atoms with van der Waals surface area (Å²) in [5, 5.41) is 0. The van der Waals surface area contributed by atoms with Gasteiger partial charge in [0.05, 0.1) is 23.0 Å². The van der Waals surface area contributed by atoms with E-state index in [2.05, 4.69) is 28.9 Å². The lowest BCUT2D eigenvalue weighted by Gasteiger charge is -2.13. The second-order valence-electron chi connectivity index (χ2n) is 4.84. The molecule has 2 aromatic rings. The number of rotatable bonds is 2. The number of halogens is 1. The summed E-state index contributed by atoms with van der Waals surface area (Å²) < 4.78 is 12.5. The van der Waals surface area contributed by atoms with Crippen LogP contribution in [-0.4, -0.2) is 13.2 Å². The summed E-state index contributed by atoms with van der Waals surface area (Å²) >= 11 is 5.22. The average Bonchev–Trinajstić information content (AvgIpc) is 2.67. The number of benzene rings is 1. The standard InChI is InChI=1S/C15H16BrNO2S/c1-9-7-13(20-15(9)16)14(17)10-3-4-11-12(8-10)19-6-2-5-18-11/h3-4,7-8,14H,2,5-6,17H2,1H3. The van der Waals surface area contributed by atoms with Crippen LogP contribution < -0.4 is 15.2 Å². The van der Waals surface area contributed by atoms with Crippen LogP contribution in [0.1, 0.15) is 28.5 Å². The van der Waals surface area contributed by atoms with Gasteiger partial charge in [-0.05, 0) is 52.2 Å². The maximum atomic E-state index is 6.36. The molecule has 3 rings (SSSR count). The van der Waals surface area contributed by atoms with Crippen molar-refractivity contribution >= 4 is 27.3 Å². The molecule has 0 saturated carbocycles. The SMILES string of the molecule is Cc1cc(C(N)c2ccc3c(c2)OCCCO3)sc1Br. The zero-order chi connectivity index (χ0) is 14.1. The Kier molecular flexibility index (Phi) is 4.01. The normalized spacial score (nSPS) is 15.8. The molecule has 0 spiro atoms. The van der Waals surface area contributed by atoms with Crippen LogP contribution in [0.25, 0.3) is 0 Å². The Hall–Kier alpha value is -1.04. The fourth-order valence-electron chi connectivity index (χ4n) is 2.17. The molecule has 0 radical (unpaired) electrons. The summed E-state index contributed by atoms with van der Waals surface area (Å²) in [5.41, 5.74) is 8.63. The van der Waals surface area contributed by atoms with Crippen molar-refractivity contribution in [2.45, 2.75) is 19.4 Å². The van der Waals surface area contributed by atoms with E-state index in [0.29, 0.717) is 13.2 Å². The van der Waals surface area contributed by atoms with E-state index in [4.69, 9.17) is 15.2 Å². The number of fused-ring (bicyclic) bond motifs is 1. The molecule has 106 valence electrons. The van der Waals surface area contributed by atoms with Crippen molar-refractivity contribution in [3.63, 3.8) is 0 Å². The zero-order valence-electron chi connectivity index (χ0n) is 11.2. The monoisotopic (exact) mass is 353 g/mol. The first-order valence-electron chi connectivity index (χ1n) is 6.56. The van der Waals surface area contributed by atoms with Gasteiger partial charge in [0, 0.05) is 11.3 Å². The van der Waals surface area contributed by atoms with E-state index in [-0.39, 0.29) is 6.04 Å². The molecule has 0 aliphatic carbocycles. The minimum atomic E-state index is -0.137. The smallest absolute Gasteiger partial charge is 0.161 e. The highest BCUT2D eigenvalue weighted by Gasteiger charge is 2.17. The van der Waals surface area contributed by atoms with Crippen molar-refractivity contribution in [3.05, 3.63) is 44.1 Å².